The molecule has 234 valence electrons. The molecule has 0 bridgehead atoms. The first-order valence-corrected chi connectivity index (χ1v) is 14.9. The van der Waals surface area contributed by atoms with Crippen LogP contribution < -0.4 is 27.2 Å². The normalized spacial score (nSPS) is 16.7. The standard InChI is InChI=1S/C33H33ClF3N7O/c1-6-19-16-38-29-23(28(19)39-18-31(2,3)4)14-20(15-24(29)34)40-30(22-8-7-9-26-21(22)10-11-27(45)43(26)5)25-17-44(42-41-25)32(12-13-32)33(35,36)37/h1,7-11,14-17,30,40-42H,12-13,18H2,2-5H3,(H,38,39)/t30-/m0/s1. The second-order valence-corrected chi connectivity index (χ2v) is 13.2. The number of pyridine rings is 2. The molecule has 3 heterocycles. The summed E-state index contributed by atoms with van der Waals surface area (Å²) in [6.45, 7) is 6.95. The van der Waals surface area contributed by atoms with E-state index in [1.165, 1.54) is 16.8 Å². The Kier molecular flexibility index (Phi) is 7.41. The fourth-order valence-corrected chi connectivity index (χ4v) is 5.92. The molecule has 1 atom stereocenters. The number of anilines is 2. The molecule has 1 aliphatic carbocycles. The first-order chi connectivity index (χ1) is 21.2. The Bertz CT molecular complexity index is 1950. The molecule has 1 saturated carbocycles. The third kappa shape index (κ3) is 5.53. The van der Waals surface area contributed by atoms with E-state index in [-0.39, 0.29) is 23.8 Å². The lowest BCUT2D eigenvalue weighted by atomic mass is 9.96. The maximum Gasteiger partial charge on any atom is 0.413 e. The van der Waals surface area contributed by atoms with Gasteiger partial charge in [0, 0.05) is 48.5 Å². The van der Waals surface area contributed by atoms with Crippen LogP contribution in [0.4, 0.5) is 24.5 Å². The topological polar surface area (TPSA) is 86.2 Å². The second-order valence-electron chi connectivity index (χ2n) is 12.8. The highest BCUT2D eigenvalue weighted by Crippen LogP contribution is 2.54. The van der Waals surface area contributed by atoms with Crippen molar-refractivity contribution in [1.82, 2.24) is 25.5 Å². The molecule has 1 fully saturated rings. The van der Waals surface area contributed by atoms with Crippen LogP contribution in [0.2, 0.25) is 5.02 Å². The van der Waals surface area contributed by atoms with Gasteiger partial charge in [-0.05, 0) is 48.1 Å². The summed E-state index contributed by atoms with van der Waals surface area (Å²) in [6, 6.07) is 11.6. The van der Waals surface area contributed by atoms with Gasteiger partial charge in [-0.2, -0.15) is 13.2 Å². The number of hydrogen-bond donors (Lipinski definition) is 4. The SMILES string of the molecule is C#Cc1cnc2c(Cl)cc(N[C@H](C3=CN(C4(C(F)(F)F)CC4)NN3)c3cccc4c3ccc(=O)n4C)cc2c1NCC(C)(C)C. The van der Waals surface area contributed by atoms with Gasteiger partial charge in [0.1, 0.15) is 0 Å². The Labute approximate surface area is 263 Å². The number of rotatable bonds is 7. The number of benzene rings is 2. The smallest absolute Gasteiger partial charge is 0.383 e. The molecule has 2 aromatic carbocycles. The van der Waals surface area contributed by atoms with Crippen LogP contribution in [0.15, 0.2) is 65.4 Å². The third-order valence-corrected chi connectivity index (χ3v) is 8.60. The predicted octanol–water partition coefficient (Wildman–Crippen LogP) is 6.59. The van der Waals surface area contributed by atoms with Crippen molar-refractivity contribution in [3.05, 3.63) is 87.1 Å². The minimum Gasteiger partial charge on any atom is -0.383 e. The summed E-state index contributed by atoms with van der Waals surface area (Å²) in [6.07, 6.45) is 4.46. The highest BCUT2D eigenvalue weighted by atomic mass is 35.5. The Morgan fingerprint density at radius 3 is 2.58 bits per heavy atom. The van der Waals surface area contributed by atoms with Crippen LogP contribution in [0.25, 0.3) is 21.8 Å². The van der Waals surface area contributed by atoms with Crippen LogP contribution in [0.5, 0.6) is 0 Å². The highest BCUT2D eigenvalue weighted by Gasteiger charge is 2.67. The van der Waals surface area contributed by atoms with Crippen molar-refractivity contribution in [3.8, 4) is 12.3 Å². The quantitative estimate of drug-likeness (QED) is 0.170. The van der Waals surface area contributed by atoms with Crippen molar-refractivity contribution in [2.45, 2.75) is 51.4 Å². The first-order valence-electron chi connectivity index (χ1n) is 14.5. The van der Waals surface area contributed by atoms with E-state index in [0.717, 1.165) is 16.0 Å². The number of fused-ring (bicyclic) bond motifs is 2. The zero-order valence-electron chi connectivity index (χ0n) is 25.2. The Hall–Kier alpha value is -4.40. The third-order valence-electron chi connectivity index (χ3n) is 8.31. The number of halogens is 4. The molecule has 2 aromatic heterocycles. The maximum absolute atomic E-state index is 14.0. The highest BCUT2D eigenvalue weighted by molar-refractivity contribution is 6.35. The number of aromatic nitrogens is 2. The lowest BCUT2D eigenvalue weighted by molar-refractivity contribution is -0.195. The van der Waals surface area contributed by atoms with Gasteiger partial charge in [-0.25, -0.2) is 0 Å². The largest absolute Gasteiger partial charge is 0.413 e. The molecule has 0 unspecified atom stereocenters. The molecule has 0 saturated heterocycles. The summed E-state index contributed by atoms with van der Waals surface area (Å²) >= 11 is 6.79. The van der Waals surface area contributed by atoms with Crippen LogP contribution >= 0.6 is 11.6 Å². The maximum atomic E-state index is 14.0. The molecule has 0 amide bonds. The number of terminal acetylenes is 1. The van der Waals surface area contributed by atoms with Gasteiger partial charge < -0.3 is 20.6 Å². The lowest BCUT2D eigenvalue weighted by Crippen LogP contribution is -2.52. The molecule has 4 N–H and O–H groups in total. The van der Waals surface area contributed by atoms with Crippen molar-refractivity contribution in [2.24, 2.45) is 12.5 Å². The van der Waals surface area contributed by atoms with E-state index in [4.69, 9.17) is 18.0 Å². The molecular formula is C33H33ClF3N7O. The Balaban J connectivity index is 1.49. The first kappa shape index (κ1) is 30.6. The zero-order valence-corrected chi connectivity index (χ0v) is 26.0. The summed E-state index contributed by atoms with van der Waals surface area (Å²) < 4.78 is 43.6. The molecule has 45 heavy (non-hydrogen) atoms. The summed E-state index contributed by atoms with van der Waals surface area (Å²) in [7, 11) is 1.68. The van der Waals surface area contributed by atoms with E-state index in [1.807, 2.05) is 24.3 Å². The Morgan fingerprint density at radius 1 is 1.16 bits per heavy atom. The summed E-state index contributed by atoms with van der Waals surface area (Å²) in [5.41, 5.74) is 7.80. The molecule has 2 aliphatic rings. The molecule has 6 rings (SSSR count). The van der Waals surface area contributed by atoms with Crippen LogP contribution in [-0.2, 0) is 7.05 Å². The fraction of sp³-hybridized carbons (Fsp3) is 0.333. The van der Waals surface area contributed by atoms with E-state index in [0.29, 0.717) is 50.6 Å². The van der Waals surface area contributed by atoms with Gasteiger partial charge in [0.2, 0.25) is 0 Å². The number of hydrazine groups is 2. The predicted molar refractivity (Wildman–Crippen MR) is 172 cm³/mol. The fourth-order valence-electron chi connectivity index (χ4n) is 5.65. The Morgan fingerprint density at radius 2 is 1.91 bits per heavy atom. The van der Waals surface area contributed by atoms with Gasteiger partial charge in [0.15, 0.2) is 5.54 Å². The van der Waals surface area contributed by atoms with Crippen molar-refractivity contribution in [2.75, 3.05) is 17.2 Å². The number of aryl methyl sites for hydroxylation is 1. The number of nitrogens with zero attached hydrogens (tertiary/aromatic N) is 3. The average molecular weight is 636 g/mol. The van der Waals surface area contributed by atoms with E-state index in [9.17, 15) is 18.0 Å². The van der Waals surface area contributed by atoms with Crippen molar-refractivity contribution >= 4 is 44.8 Å². The number of nitrogens with one attached hydrogen (secondary N) is 4. The second kappa shape index (κ2) is 10.9. The molecule has 0 radical (unpaired) electrons. The van der Waals surface area contributed by atoms with Crippen LogP contribution in [0.1, 0.15) is 50.8 Å². The lowest BCUT2D eigenvalue weighted by Gasteiger charge is -2.28. The van der Waals surface area contributed by atoms with Gasteiger partial charge in [0.05, 0.1) is 39.0 Å². The molecule has 8 nitrogen and oxygen atoms in total. The molecule has 12 heteroatoms. The zero-order chi connectivity index (χ0) is 32.3. The van der Waals surface area contributed by atoms with Gasteiger partial charge in [-0.3, -0.25) is 14.8 Å². The van der Waals surface area contributed by atoms with Gasteiger partial charge in [0.25, 0.3) is 5.56 Å². The summed E-state index contributed by atoms with van der Waals surface area (Å²) in [5.74, 6) is 2.70. The van der Waals surface area contributed by atoms with Crippen LogP contribution in [0, 0.1) is 17.8 Å². The van der Waals surface area contributed by atoms with E-state index >= 15 is 0 Å². The monoisotopic (exact) mass is 635 g/mol. The molecule has 0 spiro atoms. The molecule has 4 aromatic rings. The number of hydrogen-bond acceptors (Lipinski definition) is 7. The molecule has 1 aliphatic heterocycles. The van der Waals surface area contributed by atoms with E-state index in [1.54, 1.807) is 25.4 Å². The van der Waals surface area contributed by atoms with Crippen LogP contribution in [0.3, 0.4) is 0 Å². The number of alkyl halides is 3. The average Bonchev–Trinajstić information content (AvgIpc) is 3.67. The van der Waals surface area contributed by atoms with Crippen molar-refractivity contribution < 1.29 is 13.2 Å². The summed E-state index contributed by atoms with van der Waals surface area (Å²) in [4.78, 5) is 17.0. The van der Waals surface area contributed by atoms with E-state index in [2.05, 4.69) is 53.3 Å². The van der Waals surface area contributed by atoms with Crippen molar-refractivity contribution in [1.29, 1.82) is 0 Å². The minimum atomic E-state index is -4.42. The minimum absolute atomic E-state index is 0.0153. The van der Waals surface area contributed by atoms with Gasteiger partial charge >= 0.3 is 6.18 Å². The van der Waals surface area contributed by atoms with Gasteiger partial charge in [-0.15, -0.1) is 12.0 Å². The van der Waals surface area contributed by atoms with Crippen molar-refractivity contribution in [3.63, 3.8) is 0 Å². The summed E-state index contributed by atoms with van der Waals surface area (Å²) in [5, 5.41) is 9.91. The van der Waals surface area contributed by atoms with E-state index < -0.39 is 17.8 Å². The van der Waals surface area contributed by atoms with Crippen LogP contribution in [-0.4, -0.2) is 32.8 Å². The molecular weight excluding hydrogens is 603 g/mol. The van der Waals surface area contributed by atoms with Gasteiger partial charge in [-0.1, -0.05) is 50.4 Å².